The minimum absolute atomic E-state index is 0.395. The van der Waals surface area contributed by atoms with Crippen LogP contribution in [0.5, 0.6) is 0 Å². The molecule has 41 heavy (non-hydrogen) atoms. The summed E-state index contributed by atoms with van der Waals surface area (Å²) >= 11 is 0. The van der Waals surface area contributed by atoms with Gasteiger partial charge < -0.3 is 0 Å². The normalized spacial score (nSPS) is 13.6. The molecule has 0 aliphatic heterocycles. The Morgan fingerprint density at radius 3 is 1.63 bits per heavy atom. The molecule has 8 aromatic rings. The highest BCUT2D eigenvalue weighted by Crippen LogP contribution is 2.56. The van der Waals surface area contributed by atoms with Gasteiger partial charge in [-0.05, 0) is 82.9 Å². The van der Waals surface area contributed by atoms with Crippen molar-refractivity contribution in [3.63, 3.8) is 0 Å². The summed E-state index contributed by atoms with van der Waals surface area (Å²) in [4.78, 5) is 0. The number of benzene rings is 8. The zero-order chi connectivity index (χ0) is 27.0. The van der Waals surface area contributed by atoms with Gasteiger partial charge in [0.2, 0.25) is 0 Å². The number of hydrogen-bond donors (Lipinski definition) is 0. The van der Waals surface area contributed by atoms with E-state index in [4.69, 9.17) is 0 Å². The van der Waals surface area contributed by atoms with E-state index in [2.05, 4.69) is 158 Å². The molecule has 0 radical (unpaired) electrons. The monoisotopic (exact) mass is 518 g/mol. The van der Waals surface area contributed by atoms with Gasteiger partial charge in [-0.1, -0.05) is 152 Å². The average molecular weight is 519 g/mol. The lowest BCUT2D eigenvalue weighted by Gasteiger charge is -2.34. The van der Waals surface area contributed by atoms with Crippen LogP contribution < -0.4 is 0 Å². The molecule has 0 unspecified atom stereocenters. The van der Waals surface area contributed by atoms with Crippen LogP contribution in [0.3, 0.4) is 0 Å². The molecule has 9 rings (SSSR count). The second-order valence-electron chi connectivity index (χ2n) is 11.3. The molecule has 1 aliphatic rings. The van der Waals surface area contributed by atoms with Gasteiger partial charge in [0.15, 0.2) is 0 Å². The highest BCUT2D eigenvalue weighted by Gasteiger charge is 2.45. The lowest BCUT2D eigenvalue weighted by atomic mass is 9.67. The quantitative estimate of drug-likeness (QED) is 0.204. The Morgan fingerprint density at radius 2 is 0.902 bits per heavy atom. The zero-order valence-corrected chi connectivity index (χ0v) is 22.5. The van der Waals surface area contributed by atoms with Gasteiger partial charge in [-0.25, -0.2) is 0 Å². The Balaban J connectivity index is 1.36. The highest BCUT2D eigenvalue weighted by molar-refractivity contribution is 6.25. The van der Waals surface area contributed by atoms with Crippen LogP contribution in [-0.4, -0.2) is 0 Å². The van der Waals surface area contributed by atoms with Gasteiger partial charge in [-0.15, -0.1) is 0 Å². The van der Waals surface area contributed by atoms with Crippen molar-refractivity contribution < 1.29 is 0 Å². The van der Waals surface area contributed by atoms with E-state index in [0.717, 1.165) is 0 Å². The zero-order valence-electron chi connectivity index (χ0n) is 22.5. The third-order valence-corrected chi connectivity index (χ3v) is 9.29. The lowest BCUT2D eigenvalue weighted by Crippen LogP contribution is -2.28. The fourth-order valence-electron chi connectivity index (χ4n) is 7.62. The molecule has 0 atom stereocenters. The first kappa shape index (κ1) is 22.6. The van der Waals surface area contributed by atoms with Gasteiger partial charge in [0, 0.05) is 0 Å². The molecule has 0 spiro atoms. The van der Waals surface area contributed by atoms with Crippen molar-refractivity contribution in [3.05, 3.63) is 180 Å². The molecule has 190 valence electrons. The maximum atomic E-state index is 2.44. The summed E-state index contributed by atoms with van der Waals surface area (Å²) in [5.41, 5.74) is 10.1. The Hall–Kier alpha value is -5.20. The van der Waals surface area contributed by atoms with E-state index in [0.29, 0.717) is 0 Å². The molecule has 1 aliphatic carbocycles. The Labute approximate surface area is 239 Å². The Morgan fingerprint density at radius 1 is 0.341 bits per heavy atom. The molecular formula is C41H26. The molecule has 0 fully saturated rings. The van der Waals surface area contributed by atoms with Crippen molar-refractivity contribution in [3.8, 4) is 22.3 Å². The summed E-state index contributed by atoms with van der Waals surface area (Å²) in [5.74, 6) is 0. The standard InChI is InChI=1S/C41H26/c1-2-13-31(14-3-1)41(37-18-6-4-16-34(37)35-17-5-7-19-38(35)41)32-15-9-12-30(26-32)33-24-22-29-21-20-27-10-8-11-28-23-25-36(33)40(29)39(27)28/h1-26H. The van der Waals surface area contributed by atoms with E-state index in [1.807, 2.05) is 0 Å². The molecule has 8 aromatic carbocycles. The number of hydrogen-bond acceptors (Lipinski definition) is 0. The van der Waals surface area contributed by atoms with Gasteiger partial charge in [-0.3, -0.25) is 0 Å². The summed E-state index contributed by atoms with van der Waals surface area (Å²) in [7, 11) is 0. The molecule has 0 aromatic heterocycles. The molecule has 0 saturated carbocycles. The molecule has 0 heterocycles. The predicted molar refractivity (Wildman–Crippen MR) is 173 cm³/mol. The highest BCUT2D eigenvalue weighted by atomic mass is 14.5. The van der Waals surface area contributed by atoms with E-state index >= 15 is 0 Å². The Bertz CT molecular complexity index is 2190. The number of fused-ring (bicyclic) bond motifs is 3. The lowest BCUT2D eigenvalue weighted by molar-refractivity contribution is 0.769. The summed E-state index contributed by atoms with van der Waals surface area (Å²) in [5, 5.41) is 7.92. The molecule has 0 heteroatoms. The molecule has 0 nitrogen and oxygen atoms in total. The third kappa shape index (κ3) is 3.00. The van der Waals surface area contributed by atoms with E-state index in [1.165, 1.54) is 76.8 Å². The fraction of sp³-hybridized carbons (Fsp3) is 0.0244. The maximum Gasteiger partial charge on any atom is 0.0713 e. The van der Waals surface area contributed by atoms with Crippen molar-refractivity contribution in [1.29, 1.82) is 0 Å². The minimum Gasteiger partial charge on any atom is -0.0622 e. The van der Waals surface area contributed by atoms with Crippen molar-refractivity contribution in [2.75, 3.05) is 0 Å². The smallest absolute Gasteiger partial charge is 0.0622 e. The first-order valence-corrected chi connectivity index (χ1v) is 14.4. The molecule has 0 bridgehead atoms. The van der Waals surface area contributed by atoms with Crippen LogP contribution in [0.25, 0.3) is 54.6 Å². The van der Waals surface area contributed by atoms with Gasteiger partial charge >= 0.3 is 0 Å². The van der Waals surface area contributed by atoms with Crippen molar-refractivity contribution >= 4 is 32.3 Å². The summed E-state index contributed by atoms with van der Waals surface area (Å²) in [6, 6.07) is 58.6. The fourth-order valence-corrected chi connectivity index (χ4v) is 7.62. The van der Waals surface area contributed by atoms with Crippen LogP contribution in [0.15, 0.2) is 158 Å². The largest absolute Gasteiger partial charge is 0.0713 e. The minimum atomic E-state index is -0.395. The van der Waals surface area contributed by atoms with Gasteiger partial charge in [0.1, 0.15) is 0 Å². The molecule has 0 saturated heterocycles. The average Bonchev–Trinajstić information content (AvgIpc) is 3.35. The molecular weight excluding hydrogens is 492 g/mol. The summed E-state index contributed by atoms with van der Waals surface area (Å²) in [6.45, 7) is 0. The summed E-state index contributed by atoms with van der Waals surface area (Å²) < 4.78 is 0. The van der Waals surface area contributed by atoms with E-state index in [-0.39, 0.29) is 0 Å². The van der Waals surface area contributed by atoms with Crippen LogP contribution in [-0.2, 0) is 5.41 Å². The van der Waals surface area contributed by atoms with Crippen LogP contribution in [0.2, 0.25) is 0 Å². The van der Waals surface area contributed by atoms with Gasteiger partial charge in [0.05, 0.1) is 5.41 Å². The second kappa shape index (κ2) is 8.40. The third-order valence-electron chi connectivity index (χ3n) is 9.29. The van der Waals surface area contributed by atoms with E-state index < -0.39 is 5.41 Å². The molecule has 0 N–H and O–H groups in total. The maximum absolute atomic E-state index is 2.44. The van der Waals surface area contributed by atoms with E-state index in [1.54, 1.807) is 0 Å². The van der Waals surface area contributed by atoms with E-state index in [9.17, 15) is 0 Å². The van der Waals surface area contributed by atoms with Crippen molar-refractivity contribution in [1.82, 2.24) is 0 Å². The van der Waals surface area contributed by atoms with Crippen LogP contribution >= 0.6 is 0 Å². The second-order valence-corrected chi connectivity index (χ2v) is 11.3. The van der Waals surface area contributed by atoms with Gasteiger partial charge in [-0.2, -0.15) is 0 Å². The van der Waals surface area contributed by atoms with Gasteiger partial charge in [0.25, 0.3) is 0 Å². The van der Waals surface area contributed by atoms with Crippen LogP contribution in [0.4, 0.5) is 0 Å². The van der Waals surface area contributed by atoms with Crippen molar-refractivity contribution in [2.45, 2.75) is 5.41 Å². The topological polar surface area (TPSA) is 0 Å². The number of rotatable bonds is 3. The first-order chi connectivity index (χ1) is 20.3. The van der Waals surface area contributed by atoms with Crippen LogP contribution in [0.1, 0.15) is 22.3 Å². The predicted octanol–water partition coefficient (Wildman–Crippen LogP) is 10.6. The summed E-state index contributed by atoms with van der Waals surface area (Å²) in [6.07, 6.45) is 0. The van der Waals surface area contributed by atoms with Crippen molar-refractivity contribution in [2.24, 2.45) is 0 Å². The van der Waals surface area contributed by atoms with Crippen LogP contribution in [0, 0.1) is 0 Å². The first-order valence-electron chi connectivity index (χ1n) is 14.4. The SMILES string of the molecule is c1ccc(C2(c3cccc(-c4ccc5ccc6cccc7ccc4c5c67)c3)c3ccccc3-c3ccccc32)cc1. The Kier molecular flexibility index (Phi) is 4.63. The molecule has 0 amide bonds.